The van der Waals surface area contributed by atoms with Crippen LogP contribution in [-0.2, 0) is 32.1 Å². The van der Waals surface area contributed by atoms with E-state index >= 15 is 0 Å². The van der Waals surface area contributed by atoms with Crippen LogP contribution in [0.2, 0.25) is 0 Å². The second-order valence-corrected chi connectivity index (χ2v) is 12.6. The van der Waals surface area contributed by atoms with Crippen molar-refractivity contribution in [3.8, 4) is 0 Å². The topological polar surface area (TPSA) is 139 Å². The van der Waals surface area contributed by atoms with Gasteiger partial charge in [-0.05, 0) is 37.3 Å². The molecule has 4 rings (SSSR count). The van der Waals surface area contributed by atoms with Gasteiger partial charge in [0.15, 0.2) is 0 Å². The van der Waals surface area contributed by atoms with E-state index in [0.29, 0.717) is 17.3 Å². The van der Waals surface area contributed by atoms with Crippen molar-refractivity contribution in [2.24, 2.45) is 5.92 Å². The largest absolute Gasteiger partial charge is 0.445 e. The third-order valence-electron chi connectivity index (χ3n) is 7.75. The number of ether oxygens (including phenoxy) is 2. The quantitative estimate of drug-likeness (QED) is 0.172. The lowest BCUT2D eigenvalue weighted by atomic mass is 9.83. The molecule has 1 saturated carbocycles. The molecule has 1 heterocycles. The molecule has 0 aliphatic heterocycles. The zero-order chi connectivity index (χ0) is 32.0. The Bertz CT molecular complexity index is 1320. The van der Waals surface area contributed by atoms with Crippen LogP contribution in [0.1, 0.15) is 74.6 Å². The number of hydrogen-bond donors (Lipinski definition) is 4. The molecule has 1 aliphatic rings. The molecular formula is C34H44N4O6S. The summed E-state index contributed by atoms with van der Waals surface area (Å²) >= 11 is 1.33. The normalized spacial score (nSPS) is 16.3. The van der Waals surface area contributed by atoms with Gasteiger partial charge in [0.05, 0.1) is 12.1 Å². The molecule has 0 spiro atoms. The third kappa shape index (κ3) is 11.3. The summed E-state index contributed by atoms with van der Waals surface area (Å²) in [5.74, 6) is -0.835. The fraction of sp³-hybridized carbons (Fsp3) is 0.471. The highest BCUT2D eigenvalue weighted by molar-refractivity contribution is 7.09. The van der Waals surface area contributed by atoms with E-state index < -0.39 is 48.4 Å². The Labute approximate surface area is 268 Å². The molecule has 3 aromatic rings. The summed E-state index contributed by atoms with van der Waals surface area (Å²) in [6.07, 6.45) is 4.34. The maximum Gasteiger partial charge on any atom is 0.408 e. The molecule has 10 nitrogen and oxygen atoms in total. The van der Waals surface area contributed by atoms with Gasteiger partial charge in [-0.1, -0.05) is 92.8 Å². The van der Waals surface area contributed by atoms with Crippen LogP contribution in [0.5, 0.6) is 0 Å². The summed E-state index contributed by atoms with van der Waals surface area (Å²) in [7, 11) is 0. The van der Waals surface area contributed by atoms with E-state index in [4.69, 9.17) is 9.47 Å². The fourth-order valence-electron chi connectivity index (χ4n) is 5.49. The van der Waals surface area contributed by atoms with Gasteiger partial charge < -0.3 is 30.5 Å². The van der Waals surface area contributed by atoms with Gasteiger partial charge in [0, 0.05) is 18.0 Å². The molecule has 4 atom stereocenters. The summed E-state index contributed by atoms with van der Waals surface area (Å²) in [6.45, 7) is 3.56. The molecule has 0 bridgehead atoms. The number of carbonyl (C=O) groups is 3. The van der Waals surface area contributed by atoms with Crippen molar-refractivity contribution in [2.75, 3.05) is 0 Å². The van der Waals surface area contributed by atoms with E-state index in [1.807, 2.05) is 60.7 Å². The number of nitrogens with zero attached hydrogens (tertiary/aromatic N) is 1. The lowest BCUT2D eigenvalue weighted by molar-refractivity contribution is -0.146. The summed E-state index contributed by atoms with van der Waals surface area (Å²) in [4.78, 5) is 44.4. The number of thiazole rings is 1. The minimum Gasteiger partial charge on any atom is -0.445 e. The molecule has 1 aliphatic carbocycles. The van der Waals surface area contributed by atoms with Crippen molar-refractivity contribution >= 4 is 29.2 Å². The molecule has 1 aromatic heterocycles. The first-order valence-corrected chi connectivity index (χ1v) is 16.5. The monoisotopic (exact) mass is 636 g/mol. The average Bonchev–Trinajstić information content (AvgIpc) is 3.59. The number of aliphatic hydroxyl groups is 1. The lowest BCUT2D eigenvalue weighted by Gasteiger charge is -2.31. The number of nitrogens with one attached hydrogen (secondary N) is 3. The fourth-order valence-corrected chi connectivity index (χ4v) is 6.18. The van der Waals surface area contributed by atoms with Crippen LogP contribution in [-0.4, -0.2) is 52.4 Å². The number of hydrogen-bond acceptors (Lipinski definition) is 8. The summed E-state index contributed by atoms with van der Waals surface area (Å²) < 4.78 is 11.2. The van der Waals surface area contributed by atoms with Crippen molar-refractivity contribution in [3.63, 3.8) is 0 Å². The van der Waals surface area contributed by atoms with Gasteiger partial charge in [-0.2, -0.15) is 0 Å². The molecule has 11 heteroatoms. The molecule has 0 radical (unpaired) electrons. The van der Waals surface area contributed by atoms with Crippen LogP contribution in [0, 0.1) is 5.92 Å². The maximum atomic E-state index is 13.7. The zero-order valence-corrected chi connectivity index (χ0v) is 26.7. The Balaban J connectivity index is 1.47. The Morgan fingerprint density at radius 1 is 0.911 bits per heavy atom. The lowest BCUT2D eigenvalue weighted by Crippen LogP contribution is -2.57. The molecule has 1 unspecified atom stereocenters. The van der Waals surface area contributed by atoms with Crippen LogP contribution < -0.4 is 16.0 Å². The molecule has 4 N–H and O–H groups in total. The Morgan fingerprint density at radius 3 is 2.20 bits per heavy atom. The Kier molecular flexibility index (Phi) is 13.3. The highest BCUT2D eigenvalue weighted by Gasteiger charge is 2.33. The van der Waals surface area contributed by atoms with E-state index in [1.54, 1.807) is 25.4 Å². The second kappa shape index (κ2) is 17.6. The molecule has 45 heavy (non-hydrogen) atoms. The van der Waals surface area contributed by atoms with Gasteiger partial charge in [0.1, 0.15) is 23.8 Å². The van der Waals surface area contributed by atoms with E-state index in [0.717, 1.165) is 36.8 Å². The van der Waals surface area contributed by atoms with E-state index in [2.05, 4.69) is 20.9 Å². The molecular weight excluding hydrogens is 592 g/mol. The first-order chi connectivity index (χ1) is 21.8. The van der Waals surface area contributed by atoms with Gasteiger partial charge in [-0.15, -0.1) is 11.3 Å². The minimum atomic E-state index is -1.37. The predicted octanol–water partition coefficient (Wildman–Crippen LogP) is 5.04. The molecule has 1 fully saturated rings. The minimum absolute atomic E-state index is 0.0393. The Morgan fingerprint density at radius 2 is 1.58 bits per heavy atom. The highest BCUT2D eigenvalue weighted by Crippen LogP contribution is 2.31. The van der Waals surface area contributed by atoms with E-state index in [-0.39, 0.29) is 13.0 Å². The van der Waals surface area contributed by atoms with Crippen molar-refractivity contribution < 1.29 is 29.0 Å². The SMILES string of the molecule is CC(C)O[C@H](NC(=O)[C@H](Cc1ccccc1)NC(=O)OCc1ccccc1)C(=O)NC(CC1CCCCC1)[C@@H](O)c1nccs1. The predicted molar refractivity (Wildman–Crippen MR) is 172 cm³/mol. The van der Waals surface area contributed by atoms with Crippen LogP contribution in [0.4, 0.5) is 4.79 Å². The van der Waals surface area contributed by atoms with Crippen LogP contribution in [0.25, 0.3) is 0 Å². The van der Waals surface area contributed by atoms with Gasteiger partial charge in [-0.3, -0.25) is 9.59 Å². The second-order valence-electron chi connectivity index (χ2n) is 11.7. The highest BCUT2D eigenvalue weighted by atomic mass is 32.1. The number of rotatable bonds is 15. The molecule has 3 amide bonds. The first-order valence-electron chi connectivity index (χ1n) is 15.6. The van der Waals surface area contributed by atoms with E-state index in [1.165, 1.54) is 17.8 Å². The number of benzene rings is 2. The summed E-state index contributed by atoms with van der Waals surface area (Å²) in [5.41, 5.74) is 1.62. The number of aliphatic hydroxyl groups excluding tert-OH is 1. The van der Waals surface area contributed by atoms with Crippen molar-refractivity contribution in [1.82, 2.24) is 20.9 Å². The summed E-state index contributed by atoms with van der Waals surface area (Å²) in [6, 6.07) is 16.8. The summed E-state index contributed by atoms with van der Waals surface area (Å²) in [5, 5.41) is 21.8. The maximum absolute atomic E-state index is 13.7. The third-order valence-corrected chi connectivity index (χ3v) is 8.60. The molecule has 2 aromatic carbocycles. The van der Waals surface area contributed by atoms with Crippen molar-refractivity contribution in [2.45, 2.75) is 95.9 Å². The van der Waals surface area contributed by atoms with Crippen LogP contribution in [0.3, 0.4) is 0 Å². The molecule has 0 saturated heterocycles. The smallest absolute Gasteiger partial charge is 0.408 e. The number of amides is 3. The zero-order valence-electron chi connectivity index (χ0n) is 25.9. The first kappa shape index (κ1) is 34.1. The van der Waals surface area contributed by atoms with Crippen molar-refractivity contribution in [3.05, 3.63) is 88.4 Å². The van der Waals surface area contributed by atoms with Gasteiger partial charge in [0.25, 0.3) is 5.91 Å². The number of alkyl carbamates (subject to hydrolysis) is 1. The van der Waals surface area contributed by atoms with Crippen LogP contribution >= 0.6 is 11.3 Å². The Hall–Kier alpha value is -3.80. The molecule has 242 valence electrons. The van der Waals surface area contributed by atoms with Crippen molar-refractivity contribution in [1.29, 1.82) is 0 Å². The number of carbonyl (C=O) groups excluding carboxylic acids is 3. The van der Waals surface area contributed by atoms with Gasteiger partial charge in [0.2, 0.25) is 12.1 Å². The van der Waals surface area contributed by atoms with Crippen LogP contribution in [0.15, 0.2) is 72.2 Å². The van der Waals surface area contributed by atoms with E-state index in [9.17, 15) is 19.5 Å². The number of aromatic nitrogens is 1. The van der Waals surface area contributed by atoms with Gasteiger partial charge >= 0.3 is 6.09 Å². The standard InChI is InChI=1S/C34H44N4O6S/c1-23(2)44-32(31(41)36-27(20-24-12-6-3-7-13-24)29(39)33-35-18-19-45-33)38-30(40)28(21-25-14-8-4-9-15-25)37-34(42)43-22-26-16-10-5-11-17-26/h4-5,8-11,14-19,23-24,27-29,32,39H,3,6-7,12-13,20-22H2,1-2H3,(H,36,41)(H,37,42)(H,38,40)/t27?,28-,29+,32-/m0/s1. The average molecular weight is 637 g/mol. The van der Waals surface area contributed by atoms with Gasteiger partial charge in [-0.25, -0.2) is 9.78 Å².